The van der Waals surface area contributed by atoms with Gasteiger partial charge in [0.2, 0.25) is 5.88 Å². The molecule has 4 rings (SSSR count). The second-order valence-electron chi connectivity index (χ2n) is 7.93. The second-order valence-corrected chi connectivity index (χ2v) is 7.93. The largest absolute Gasteiger partial charge is 0.490 e. The van der Waals surface area contributed by atoms with Gasteiger partial charge in [0.05, 0.1) is 19.8 Å². The molecule has 2 N–H and O–H groups in total. The zero-order valence-electron chi connectivity index (χ0n) is 20.2. The van der Waals surface area contributed by atoms with Crippen molar-refractivity contribution in [2.45, 2.75) is 50.1 Å². The molecular formula is C22H24F6N4O7. The van der Waals surface area contributed by atoms with E-state index in [2.05, 4.69) is 19.9 Å². The van der Waals surface area contributed by atoms with E-state index in [0.29, 0.717) is 12.5 Å². The Bertz CT molecular complexity index is 1050. The Morgan fingerprint density at radius 3 is 2.21 bits per heavy atom. The topological polar surface area (TPSA) is 144 Å². The molecule has 4 heterocycles. The predicted octanol–water partition coefficient (Wildman–Crippen LogP) is 3.10. The summed E-state index contributed by atoms with van der Waals surface area (Å²) in [5.74, 6) is -4.08. The number of carboxylic acids is 2. The number of halogens is 6. The smallest absolute Gasteiger partial charge is 0.481 e. The van der Waals surface area contributed by atoms with Gasteiger partial charge in [0.25, 0.3) is 0 Å². The van der Waals surface area contributed by atoms with Gasteiger partial charge in [-0.2, -0.15) is 26.3 Å². The molecule has 0 bridgehead atoms. The van der Waals surface area contributed by atoms with Crippen LogP contribution in [0.3, 0.4) is 0 Å². The second kappa shape index (κ2) is 13.9. The first-order valence-corrected chi connectivity index (χ1v) is 11.1. The Morgan fingerprint density at radius 1 is 1.08 bits per heavy atom. The zero-order valence-corrected chi connectivity index (χ0v) is 20.2. The summed E-state index contributed by atoms with van der Waals surface area (Å²) < 4.78 is 81.0. The van der Waals surface area contributed by atoms with Gasteiger partial charge in [-0.15, -0.1) is 0 Å². The minimum Gasteiger partial charge on any atom is -0.481 e. The number of anilines is 1. The molecule has 3 atom stereocenters. The van der Waals surface area contributed by atoms with Crippen molar-refractivity contribution in [3.8, 4) is 5.88 Å². The highest BCUT2D eigenvalue weighted by Crippen LogP contribution is 2.34. The van der Waals surface area contributed by atoms with Crippen LogP contribution in [0, 0.1) is 0 Å². The maximum absolute atomic E-state index is 10.6. The van der Waals surface area contributed by atoms with Gasteiger partial charge in [-0.25, -0.2) is 19.6 Å². The van der Waals surface area contributed by atoms with Crippen molar-refractivity contribution in [2.24, 2.45) is 0 Å². The number of aromatic nitrogens is 3. The summed E-state index contributed by atoms with van der Waals surface area (Å²) in [6, 6.07) is 6.09. The number of carbonyl (C=O) groups is 2. The highest BCUT2D eigenvalue weighted by molar-refractivity contribution is 5.73. The van der Waals surface area contributed by atoms with Gasteiger partial charge in [-0.05, 0) is 30.5 Å². The predicted molar refractivity (Wildman–Crippen MR) is 119 cm³/mol. The molecule has 2 aliphatic rings. The lowest BCUT2D eigenvalue weighted by molar-refractivity contribution is -0.193. The molecule has 0 aromatic carbocycles. The molecule has 216 valence electrons. The standard InChI is InChI=1S/C18H22N4O3.2C2HF3O2/c1-23-17-9-16(20-12-21-17)22-10-15(18-14(22)3-2-8-24-18)25-11-13-4-6-19-7-5-13;2*3-2(4,5)1(6)7/h4-7,9,12,14-15,18H,2-3,8,10-11H2,1H3;2*(H,6,7)/t14-,15+,18+;;/m1../s1. The molecule has 2 fully saturated rings. The Hall–Kier alpha value is -3.73. The van der Waals surface area contributed by atoms with Crippen molar-refractivity contribution in [3.05, 3.63) is 42.5 Å². The lowest BCUT2D eigenvalue weighted by Crippen LogP contribution is -2.42. The molecule has 0 radical (unpaired) electrons. The lowest BCUT2D eigenvalue weighted by atomic mass is 10.0. The van der Waals surface area contributed by atoms with Crippen LogP contribution in [0.2, 0.25) is 0 Å². The maximum atomic E-state index is 10.6. The van der Waals surface area contributed by atoms with Crippen LogP contribution in [-0.4, -0.2) is 88.0 Å². The third kappa shape index (κ3) is 9.82. The van der Waals surface area contributed by atoms with Crippen LogP contribution in [0.4, 0.5) is 32.2 Å². The summed E-state index contributed by atoms with van der Waals surface area (Å²) in [5.41, 5.74) is 1.12. The molecule has 39 heavy (non-hydrogen) atoms. The van der Waals surface area contributed by atoms with Gasteiger partial charge in [0.15, 0.2) is 0 Å². The van der Waals surface area contributed by atoms with E-state index in [1.54, 1.807) is 19.5 Å². The van der Waals surface area contributed by atoms with E-state index < -0.39 is 24.3 Å². The van der Waals surface area contributed by atoms with Crippen molar-refractivity contribution < 1.29 is 60.4 Å². The minimum absolute atomic E-state index is 0.0134. The van der Waals surface area contributed by atoms with Crippen LogP contribution < -0.4 is 9.64 Å². The number of alkyl halides is 6. The monoisotopic (exact) mass is 570 g/mol. The Morgan fingerprint density at radius 2 is 1.67 bits per heavy atom. The summed E-state index contributed by atoms with van der Waals surface area (Å²) in [7, 11) is 1.61. The van der Waals surface area contributed by atoms with Gasteiger partial charge in [0.1, 0.15) is 24.4 Å². The van der Waals surface area contributed by atoms with Gasteiger partial charge in [0, 0.05) is 31.6 Å². The first kappa shape index (κ1) is 31.5. The van der Waals surface area contributed by atoms with E-state index in [1.807, 2.05) is 18.2 Å². The number of carboxylic acid groups (broad SMARTS) is 2. The summed E-state index contributed by atoms with van der Waals surface area (Å²) >= 11 is 0. The SMILES string of the molecule is COc1cc(N2C[C@H](OCc3ccncc3)[C@H]3OCCC[C@H]32)ncn1.O=C(O)C(F)(F)F.O=C(O)C(F)(F)F. The minimum atomic E-state index is -5.08. The number of nitrogens with zero attached hydrogens (tertiary/aromatic N) is 4. The van der Waals surface area contributed by atoms with Crippen molar-refractivity contribution in [1.29, 1.82) is 0 Å². The van der Waals surface area contributed by atoms with Crippen LogP contribution in [-0.2, 0) is 25.7 Å². The molecule has 2 aromatic heterocycles. The van der Waals surface area contributed by atoms with Crippen molar-refractivity contribution in [1.82, 2.24) is 15.0 Å². The normalized spacial score (nSPS) is 20.5. The first-order chi connectivity index (χ1) is 18.2. The fourth-order valence-corrected chi connectivity index (χ4v) is 3.60. The lowest BCUT2D eigenvalue weighted by Gasteiger charge is -2.32. The number of pyridine rings is 1. The number of methoxy groups -OCH3 is 1. The maximum Gasteiger partial charge on any atom is 0.490 e. The molecule has 2 aliphatic heterocycles. The average molecular weight is 570 g/mol. The highest BCUT2D eigenvalue weighted by atomic mass is 19.4. The van der Waals surface area contributed by atoms with Crippen LogP contribution in [0.1, 0.15) is 18.4 Å². The third-order valence-corrected chi connectivity index (χ3v) is 5.31. The number of hydrogen-bond donors (Lipinski definition) is 2. The fraction of sp³-hybridized carbons (Fsp3) is 0.500. The first-order valence-electron chi connectivity index (χ1n) is 11.1. The van der Waals surface area contributed by atoms with Crippen LogP contribution in [0.5, 0.6) is 5.88 Å². The van der Waals surface area contributed by atoms with Gasteiger partial charge in [-0.3, -0.25) is 4.98 Å². The van der Waals surface area contributed by atoms with E-state index in [9.17, 15) is 26.3 Å². The molecule has 0 unspecified atom stereocenters. The van der Waals surface area contributed by atoms with E-state index in [0.717, 1.165) is 37.4 Å². The number of aliphatic carboxylic acids is 2. The summed E-state index contributed by atoms with van der Waals surface area (Å²) in [4.78, 5) is 32.6. The number of fused-ring (bicyclic) bond motifs is 1. The summed E-state index contributed by atoms with van der Waals surface area (Å²) in [6.07, 6.45) is -2.85. The van der Waals surface area contributed by atoms with Crippen molar-refractivity contribution in [2.75, 3.05) is 25.2 Å². The van der Waals surface area contributed by atoms with Crippen LogP contribution in [0.15, 0.2) is 36.9 Å². The third-order valence-electron chi connectivity index (χ3n) is 5.31. The van der Waals surface area contributed by atoms with E-state index in [-0.39, 0.29) is 18.2 Å². The molecule has 0 amide bonds. The molecule has 0 spiro atoms. The Balaban J connectivity index is 0.000000317. The van der Waals surface area contributed by atoms with Crippen LogP contribution >= 0.6 is 0 Å². The quantitative estimate of drug-likeness (QED) is 0.512. The Kier molecular flexibility index (Phi) is 11.2. The zero-order chi connectivity index (χ0) is 29.2. The van der Waals surface area contributed by atoms with Crippen LogP contribution in [0.25, 0.3) is 0 Å². The van der Waals surface area contributed by atoms with Crippen molar-refractivity contribution in [3.63, 3.8) is 0 Å². The van der Waals surface area contributed by atoms with E-state index in [1.165, 1.54) is 6.33 Å². The van der Waals surface area contributed by atoms with Gasteiger partial charge in [-0.1, -0.05) is 0 Å². The molecule has 2 aromatic rings. The summed E-state index contributed by atoms with van der Waals surface area (Å²) in [5, 5.41) is 14.2. The molecule has 0 saturated carbocycles. The molecule has 17 heteroatoms. The van der Waals surface area contributed by atoms with Gasteiger partial charge < -0.3 is 29.3 Å². The average Bonchev–Trinajstić information content (AvgIpc) is 3.26. The number of ether oxygens (including phenoxy) is 3. The molecule has 0 aliphatic carbocycles. The molecular weight excluding hydrogens is 546 g/mol. The van der Waals surface area contributed by atoms with Gasteiger partial charge >= 0.3 is 24.3 Å². The number of hydrogen-bond acceptors (Lipinski definition) is 9. The van der Waals surface area contributed by atoms with E-state index in [4.69, 9.17) is 34.0 Å². The van der Waals surface area contributed by atoms with E-state index >= 15 is 0 Å². The molecule has 2 saturated heterocycles. The fourth-order valence-electron chi connectivity index (χ4n) is 3.60. The molecule has 11 nitrogen and oxygen atoms in total. The highest BCUT2D eigenvalue weighted by Gasteiger charge is 2.45. The number of rotatable bonds is 5. The summed E-state index contributed by atoms with van der Waals surface area (Å²) in [6.45, 7) is 2.10. The Labute approximate surface area is 217 Å². The van der Waals surface area contributed by atoms with Crippen molar-refractivity contribution >= 4 is 17.8 Å².